The molecule has 26 heavy (non-hydrogen) atoms. The number of ketones is 1. The maximum Gasteiger partial charge on any atom is 0.231 e. The molecule has 142 valence electrons. The van der Waals surface area contributed by atoms with Crippen LogP contribution in [0, 0.1) is 5.92 Å². The Balaban J connectivity index is 0.000000948. The van der Waals surface area contributed by atoms with Gasteiger partial charge in [-0.05, 0) is 18.2 Å². The van der Waals surface area contributed by atoms with E-state index in [1.807, 2.05) is 13.8 Å². The predicted octanol–water partition coefficient (Wildman–Crippen LogP) is 1.41. The molecule has 3 heterocycles. The van der Waals surface area contributed by atoms with Crippen molar-refractivity contribution in [2.75, 3.05) is 46.7 Å². The lowest BCUT2D eigenvalue weighted by molar-refractivity contribution is -0.148. The van der Waals surface area contributed by atoms with E-state index in [1.165, 1.54) is 4.90 Å². The third-order valence-corrected chi connectivity index (χ3v) is 4.85. The first-order valence-electron chi connectivity index (χ1n) is 9.11. The van der Waals surface area contributed by atoms with Gasteiger partial charge in [-0.15, -0.1) is 0 Å². The van der Waals surface area contributed by atoms with Gasteiger partial charge in [-0.2, -0.15) is 0 Å². The van der Waals surface area contributed by atoms with Gasteiger partial charge >= 0.3 is 0 Å². The van der Waals surface area contributed by atoms with Crippen LogP contribution in [0.3, 0.4) is 0 Å². The number of nitrogens with zero attached hydrogens (tertiary/aromatic N) is 2. The molecule has 3 aliphatic rings. The fourth-order valence-electron chi connectivity index (χ4n) is 3.17. The highest BCUT2D eigenvalue weighted by Gasteiger charge is 2.40. The summed E-state index contributed by atoms with van der Waals surface area (Å²) in [5.41, 5.74) is 0.528. The lowest BCUT2D eigenvalue weighted by atomic mass is 9.95. The summed E-state index contributed by atoms with van der Waals surface area (Å²) in [5.74, 6) is 1.13. The van der Waals surface area contributed by atoms with Crippen LogP contribution >= 0.6 is 0 Å². The fourth-order valence-corrected chi connectivity index (χ4v) is 3.17. The van der Waals surface area contributed by atoms with Gasteiger partial charge in [0.05, 0.1) is 31.7 Å². The second kappa shape index (κ2) is 8.05. The van der Waals surface area contributed by atoms with Crippen molar-refractivity contribution in [1.82, 2.24) is 9.80 Å². The molecule has 0 aromatic heterocycles. The number of Topliss-reactive ketones (excluding diaryl/α,β-unsaturated/α-hetero) is 1. The average Bonchev–Trinajstić information content (AvgIpc) is 3.04. The molecule has 1 aromatic rings. The number of hydrogen-bond donors (Lipinski definition) is 0. The van der Waals surface area contributed by atoms with Crippen LogP contribution in [0.5, 0.6) is 11.5 Å². The van der Waals surface area contributed by atoms with Crippen LogP contribution in [-0.2, 0) is 9.53 Å². The number of likely N-dealkylation sites (tertiary alicyclic amines) is 1. The molecule has 2 fully saturated rings. The quantitative estimate of drug-likeness (QED) is 0.738. The van der Waals surface area contributed by atoms with Gasteiger partial charge in [-0.3, -0.25) is 14.5 Å². The minimum atomic E-state index is -0.104. The first-order valence-corrected chi connectivity index (χ1v) is 9.11. The maximum absolute atomic E-state index is 12.4. The lowest BCUT2D eigenvalue weighted by Gasteiger charge is -2.47. The number of likely N-dealkylation sites (N-methyl/N-ethyl adjacent to an activating group) is 1. The molecule has 0 radical (unpaired) electrons. The topological polar surface area (TPSA) is 68.3 Å². The molecule has 0 N–H and O–H groups in total. The van der Waals surface area contributed by atoms with Crippen molar-refractivity contribution < 1.29 is 23.8 Å². The first-order chi connectivity index (χ1) is 12.6. The van der Waals surface area contributed by atoms with Gasteiger partial charge in [0.25, 0.3) is 0 Å². The molecular weight excluding hydrogens is 336 g/mol. The van der Waals surface area contributed by atoms with Crippen LogP contribution in [0.25, 0.3) is 0 Å². The molecule has 0 atom stereocenters. The van der Waals surface area contributed by atoms with Gasteiger partial charge in [0, 0.05) is 25.7 Å². The largest absolute Gasteiger partial charge is 0.454 e. The van der Waals surface area contributed by atoms with E-state index in [0.717, 1.165) is 26.3 Å². The summed E-state index contributed by atoms with van der Waals surface area (Å²) in [5, 5.41) is 0. The second-order valence-electron chi connectivity index (χ2n) is 6.53. The number of carbonyl (C=O) groups is 2. The van der Waals surface area contributed by atoms with Crippen molar-refractivity contribution in [3.8, 4) is 11.5 Å². The molecule has 7 nitrogen and oxygen atoms in total. The molecule has 0 aliphatic carbocycles. The second-order valence-corrected chi connectivity index (χ2v) is 6.53. The maximum atomic E-state index is 12.4. The summed E-state index contributed by atoms with van der Waals surface area (Å²) in [6.07, 6.45) is 0. The Morgan fingerprint density at radius 1 is 1.15 bits per heavy atom. The number of hydrogen-bond acceptors (Lipinski definition) is 6. The zero-order valence-corrected chi connectivity index (χ0v) is 15.6. The summed E-state index contributed by atoms with van der Waals surface area (Å²) in [6, 6.07) is 5.57. The Bertz CT molecular complexity index is 668. The Morgan fingerprint density at radius 3 is 2.50 bits per heavy atom. The van der Waals surface area contributed by atoms with E-state index in [0.29, 0.717) is 23.1 Å². The van der Waals surface area contributed by atoms with Crippen molar-refractivity contribution in [3.63, 3.8) is 0 Å². The number of rotatable bonds is 5. The van der Waals surface area contributed by atoms with E-state index in [9.17, 15) is 9.59 Å². The minimum Gasteiger partial charge on any atom is -0.454 e. The highest BCUT2D eigenvalue weighted by Crippen LogP contribution is 2.32. The van der Waals surface area contributed by atoms with Crippen molar-refractivity contribution in [2.45, 2.75) is 19.9 Å². The average molecular weight is 362 g/mol. The van der Waals surface area contributed by atoms with Crippen LogP contribution in [0.15, 0.2) is 18.2 Å². The van der Waals surface area contributed by atoms with Crippen LogP contribution in [0.1, 0.15) is 24.2 Å². The Hall–Kier alpha value is -2.12. The smallest absolute Gasteiger partial charge is 0.231 e. The molecule has 0 saturated carbocycles. The highest BCUT2D eigenvalue weighted by atomic mass is 16.7. The summed E-state index contributed by atoms with van der Waals surface area (Å²) >= 11 is 0. The molecule has 0 spiro atoms. The number of amides is 1. The third kappa shape index (κ3) is 3.68. The van der Waals surface area contributed by atoms with E-state index in [4.69, 9.17) is 14.2 Å². The summed E-state index contributed by atoms with van der Waals surface area (Å²) in [6.45, 7) is 7.29. The predicted molar refractivity (Wildman–Crippen MR) is 95.6 cm³/mol. The van der Waals surface area contributed by atoms with E-state index in [1.54, 1.807) is 25.2 Å². The van der Waals surface area contributed by atoms with Crippen LogP contribution < -0.4 is 9.47 Å². The molecule has 1 amide bonds. The van der Waals surface area contributed by atoms with Crippen molar-refractivity contribution >= 4 is 11.7 Å². The Morgan fingerprint density at radius 2 is 1.85 bits per heavy atom. The summed E-state index contributed by atoms with van der Waals surface area (Å²) in [7, 11) is 1.68. The van der Waals surface area contributed by atoms with Crippen molar-refractivity contribution in [1.29, 1.82) is 0 Å². The molecule has 3 aliphatic heterocycles. The Kier molecular flexibility index (Phi) is 5.78. The number of ether oxygens (including phenoxy) is 3. The van der Waals surface area contributed by atoms with Gasteiger partial charge in [0.1, 0.15) is 0 Å². The van der Waals surface area contributed by atoms with Crippen molar-refractivity contribution in [3.05, 3.63) is 23.8 Å². The molecule has 1 aromatic carbocycles. The SMILES string of the molecule is CC.CN(CC(=O)c1ccc2c(c1)OCO2)C(=O)C1CN(C2COC2)C1. The number of fused-ring (bicyclic) bond motifs is 1. The Labute approximate surface area is 153 Å². The van der Waals surface area contributed by atoms with Crippen molar-refractivity contribution in [2.24, 2.45) is 5.92 Å². The van der Waals surface area contributed by atoms with E-state index in [-0.39, 0.29) is 30.9 Å². The number of carbonyl (C=O) groups excluding carboxylic acids is 2. The van der Waals surface area contributed by atoms with Crippen LogP contribution in [0.2, 0.25) is 0 Å². The summed E-state index contributed by atoms with van der Waals surface area (Å²) in [4.78, 5) is 28.6. The zero-order valence-electron chi connectivity index (χ0n) is 15.6. The third-order valence-electron chi connectivity index (χ3n) is 4.85. The van der Waals surface area contributed by atoms with E-state index < -0.39 is 0 Å². The molecule has 0 bridgehead atoms. The van der Waals surface area contributed by atoms with Gasteiger partial charge < -0.3 is 19.1 Å². The fraction of sp³-hybridized carbons (Fsp3) is 0.579. The van der Waals surface area contributed by atoms with Crippen LogP contribution in [-0.4, -0.2) is 74.2 Å². The molecule has 7 heteroatoms. The van der Waals surface area contributed by atoms with Gasteiger partial charge in [-0.1, -0.05) is 13.8 Å². The normalized spacial score (nSPS) is 19.0. The monoisotopic (exact) mass is 362 g/mol. The molecule has 2 saturated heterocycles. The zero-order chi connectivity index (χ0) is 18.7. The highest BCUT2D eigenvalue weighted by molar-refractivity contribution is 6.00. The van der Waals surface area contributed by atoms with Gasteiger partial charge in [0.15, 0.2) is 17.3 Å². The van der Waals surface area contributed by atoms with E-state index in [2.05, 4.69) is 4.90 Å². The lowest BCUT2D eigenvalue weighted by Crippen LogP contribution is -2.62. The van der Waals surface area contributed by atoms with Gasteiger partial charge in [-0.25, -0.2) is 0 Å². The minimum absolute atomic E-state index is 0.0137. The van der Waals surface area contributed by atoms with Gasteiger partial charge in [0.2, 0.25) is 12.7 Å². The molecular formula is C19H26N2O5. The number of benzene rings is 1. The standard InChI is InChI=1S/C17H20N2O5.C2H6/c1-18(17(21)12-5-19(6-12)13-8-22-9-13)7-14(20)11-2-3-15-16(4-11)24-10-23-15;1-2/h2-4,12-13H,5-10H2,1H3;1-2H3. The van der Waals surface area contributed by atoms with Crippen LogP contribution in [0.4, 0.5) is 0 Å². The molecule has 0 unspecified atom stereocenters. The molecule has 4 rings (SSSR count). The summed E-state index contributed by atoms with van der Waals surface area (Å²) < 4.78 is 15.7. The first kappa shape index (κ1) is 18.7. The van der Waals surface area contributed by atoms with E-state index >= 15 is 0 Å².